The topological polar surface area (TPSA) is 49.4 Å². The summed E-state index contributed by atoms with van der Waals surface area (Å²) in [6.07, 6.45) is 4.68. The molecule has 1 aromatic carbocycles. The lowest BCUT2D eigenvalue weighted by Gasteiger charge is -2.33. The molecule has 1 spiro atoms. The molecule has 1 aliphatic heterocycles. The second-order valence-corrected chi connectivity index (χ2v) is 6.74. The number of carbonyl (C=O) groups excluding carboxylic acids is 2. The molecule has 1 aliphatic carbocycles. The third-order valence-corrected chi connectivity index (χ3v) is 5.36. The first-order valence-electron chi connectivity index (χ1n) is 8.34. The summed E-state index contributed by atoms with van der Waals surface area (Å²) in [5, 5.41) is 3.01. The van der Waals surface area contributed by atoms with Crippen LogP contribution in [0, 0.1) is 11.3 Å². The van der Waals surface area contributed by atoms with Crippen molar-refractivity contribution in [2.75, 3.05) is 18.4 Å². The maximum absolute atomic E-state index is 12.4. The summed E-state index contributed by atoms with van der Waals surface area (Å²) < 4.78 is 0. The van der Waals surface area contributed by atoms with Gasteiger partial charge in [0.1, 0.15) is 0 Å². The van der Waals surface area contributed by atoms with Gasteiger partial charge >= 0.3 is 0 Å². The molecule has 0 radical (unpaired) electrons. The Labute approximate surface area is 137 Å². The van der Waals surface area contributed by atoms with Gasteiger partial charge in [-0.1, -0.05) is 24.3 Å². The van der Waals surface area contributed by atoms with E-state index in [1.54, 1.807) is 0 Å². The average Bonchev–Trinajstić information content (AvgIpc) is 3.29. The second kappa shape index (κ2) is 6.19. The molecule has 0 aromatic heterocycles. The monoisotopic (exact) mass is 312 g/mol. The fourth-order valence-electron chi connectivity index (χ4n) is 3.55. The number of hydrogen-bond acceptors (Lipinski definition) is 2. The summed E-state index contributed by atoms with van der Waals surface area (Å²) in [4.78, 5) is 26.5. The normalized spacial score (nSPS) is 22.8. The van der Waals surface area contributed by atoms with Gasteiger partial charge in [0.05, 0.1) is 0 Å². The van der Waals surface area contributed by atoms with Crippen LogP contribution in [0.1, 0.15) is 33.1 Å². The van der Waals surface area contributed by atoms with Crippen molar-refractivity contribution in [2.24, 2.45) is 11.3 Å². The Morgan fingerprint density at radius 2 is 1.87 bits per heavy atom. The van der Waals surface area contributed by atoms with E-state index in [9.17, 15) is 9.59 Å². The Morgan fingerprint density at radius 1 is 1.22 bits per heavy atom. The maximum atomic E-state index is 12.4. The van der Waals surface area contributed by atoms with Crippen LogP contribution in [0.5, 0.6) is 0 Å². The Bertz CT molecular complexity index is 628. The Kier molecular flexibility index (Phi) is 4.24. The van der Waals surface area contributed by atoms with E-state index in [1.807, 2.05) is 55.2 Å². The zero-order valence-corrected chi connectivity index (χ0v) is 13.8. The number of anilines is 1. The number of benzene rings is 1. The second-order valence-electron chi connectivity index (χ2n) is 6.74. The zero-order chi connectivity index (χ0) is 16.4. The summed E-state index contributed by atoms with van der Waals surface area (Å²) in [5.74, 6) is 0.358. The minimum atomic E-state index is 0.0998. The number of rotatable bonds is 3. The Hall–Kier alpha value is -2.10. The first kappa shape index (κ1) is 15.8. The number of carbonyl (C=O) groups is 2. The van der Waals surface area contributed by atoms with Crippen LogP contribution in [0.25, 0.3) is 0 Å². The summed E-state index contributed by atoms with van der Waals surface area (Å²) in [6.45, 7) is 5.28. The molecule has 1 saturated heterocycles. The number of amides is 2. The minimum Gasteiger partial charge on any atom is -0.339 e. The SMILES string of the molecule is C/C=C(\C)C(=O)N1CCC2(CC1)C[C@@H]2C(=O)Nc1ccccc1. The molecular formula is C19H24N2O2. The number of piperidine rings is 1. The molecule has 0 unspecified atom stereocenters. The number of allylic oxidation sites excluding steroid dienone is 1. The molecule has 122 valence electrons. The van der Waals surface area contributed by atoms with Crippen molar-refractivity contribution in [3.05, 3.63) is 42.0 Å². The van der Waals surface area contributed by atoms with E-state index in [0.717, 1.165) is 43.6 Å². The molecule has 4 nitrogen and oxygen atoms in total. The molecule has 1 heterocycles. The van der Waals surface area contributed by atoms with Gasteiger partial charge in [-0.3, -0.25) is 9.59 Å². The number of likely N-dealkylation sites (tertiary alicyclic amines) is 1. The lowest BCUT2D eigenvalue weighted by Crippen LogP contribution is -2.40. The minimum absolute atomic E-state index is 0.0998. The van der Waals surface area contributed by atoms with E-state index >= 15 is 0 Å². The molecule has 3 rings (SSSR count). The molecular weight excluding hydrogens is 288 g/mol. The van der Waals surface area contributed by atoms with E-state index in [4.69, 9.17) is 0 Å². The van der Waals surface area contributed by atoms with E-state index in [0.29, 0.717) is 0 Å². The predicted molar refractivity (Wildman–Crippen MR) is 90.9 cm³/mol. The standard InChI is InChI=1S/C19H24N2O2/c1-3-14(2)18(23)21-11-9-19(10-12-21)13-16(19)17(22)20-15-7-5-4-6-8-15/h3-8,16H,9-13H2,1-2H3,(H,20,22)/b14-3+/t16-/m1/s1. The summed E-state index contributed by atoms with van der Waals surface area (Å²) >= 11 is 0. The lowest BCUT2D eigenvalue weighted by molar-refractivity contribution is -0.128. The van der Waals surface area contributed by atoms with Crippen LogP contribution >= 0.6 is 0 Å². The molecule has 2 amide bonds. The fourth-order valence-corrected chi connectivity index (χ4v) is 3.55. The highest BCUT2D eigenvalue weighted by Crippen LogP contribution is 2.59. The van der Waals surface area contributed by atoms with Gasteiger partial charge in [-0.25, -0.2) is 0 Å². The van der Waals surface area contributed by atoms with Crippen molar-refractivity contribution >= 4 is 17.5 Å². The summed E-state index contributed by atoms with van der Waals surface area (Å²) in [7, 11) is 0. The van der Waals surface area contributed by atoms with Crippen LogP contribution in [-0.4, -0.2) is 29.8 Å². The van der Waals surface area contributed by atoms with Crippen molar-refractivity contribution in [2.45, 2.75) is 33.1 Å². The Balaban J connectivity index is 1.54. The summed E-state index contributed by atoms with van der Waals surface area (Å²) in [6, 6.07) is 9.60. The van der Waals surface area contributed by atoms with Crippen molar-refractivity contribution < 1.29 is 9.59 Å². The number of nitrogens with zero attached hydrogens (tertiary/aromatic N) is 1. The molecule has 2 aliphatic rings. The number of hydrogen-bond donors (Lipinski definition) is 1. The van der Waals surface area contributed by atoms with Crippen LogP contribution in [-0.2, 0) is 9.59 Å². The van der Waals surface area contributed by atoms with Crippen molar-refractivity contribution in [1.29, 1.82) is 0 Å². The quantitative estimate of drug-likeness (QED) is 0.871. The third kappa shape index (κ3) is 3.16. The smallest absolute Gasteiger partial charge is 0.249 e. The van der Waals surface area contributed by atoms with Gasteiger partial charge in [-0.15, -0.1) is 0 Å². The van der Waals surface area contributed by atoms with Gasteiger partial charge in [0.2, 0.25) is 11.8 Å². The highest BCUT2D eigenvalue weighted by molar-refractivity contribution is 5.95. The number of nitrogens with one attached hydrogen (secondary N) is 1. The fraction of sp³-hybridized carbons (Fsp3) is 0.474. The Morgan fingerprint density at radius 3 is 2.48 bits per heavy atom. The van der Waals surface area contributed by atoms with Crippen molar-refractivity contribution in [3.63, 3.8) is 0 Å². The number of para-hydroxylation sites is 1. The van der Waals surface area contributed by atoms with Crippen molar-refractivity contribution in [1.82, 2.24) is 4.90 Å². The van der Waals surface area contributed by atoms with Crippen molar-refractivity contribution in [3.8, 4) is 0 Å². The van der Waals surface area contributed by atoms with Gasteiger partial charge in [0, 0.05) is 30.3 Å². The highest BCUT2D eigenvalue weighted by atomic mass is 16.2. The first-order chi connectivity index (χ1) is 11.1. The molecule has 1 aromatic rings. The molecule has 0 bridgehead atoms. The molecule has 1 atom stereocenters. The van der Waals surface area contributed by atoms with Crippen LogP contribution < -0.4 is 5.32 Å². The maximum Gasteiger partial charge on any atom is 0.249 e. The molecule has 4 heteroatoms. The average molecular weight is 312 g/mol. The van der Waals surface area contributed by atoms with Gasteiger partial charge in [0.25, 0.3) is 0 Å². The van der Waals surface area contributed by atoms with Crippen LogP contribution in [0.3, 0.4) is 0 Å². The molecule has 1 N–H and O–H groups in total. The van der Waals surface area contributed by atoms with Gasteiger partial charge in [0.15, 0.2) is 0 Å². The first-order valence-corrected chi connectivity index (χ1v) is 8.34. The van der Waals surface area contributed by atoms with E-state index in [1.165, 1.54) is 0 Å². The molecule has 23 heavy (non-hydrogen) atoms. The van der Waals surface area contributed by atoms with E-state index in [-0.39, 0.29) is 23.1 Å². The molecule has 2 fully saturated rings. The zero-order valence-electron chi connectivity index (χ0n) is 13.8. The third-order valence-electron chi connectivity index (χ3n) is 5.36. The van der Waals surface area contributed by atoms with Gasteiger partial charge in [-0.05, 0) is 50.7 Å². The predicted octanol–water partition coefficient (Wildman–Crippen LogP) is 3.22. The highest BCUT2D eigenvalue weighted by Gasteiger charge is 2.58. The van der Waals surface area contributed by atoms with Gasteiger partial charge < -0.3 is 10.2 Å². The lowest BCUT2D eigenvalue weighted by atomic mass is 9.90. The largest absolute Gasteiger partial charge is 0.339 e. The van der Waals surface area contributed by atoms with Gasteiger partial charge in [-0.2, -0.15) is 0 Å². The van der Waals surface area contributed by atoms with Crippen LogP contribution in [0.15, 0.2) is 42.0 Å². The van der Waals surface area contributed by atoms with E-state index < -0.39 is 0 Å². The van der Waals surface area contributed by atoms with Crippen LogP contribution in [0.4, 0.5) is 5.69 Å². The molecule has 1 saturated carbocycles. The van der Waals surface area contributed by atoms with Crippen LogP contribution in [0.2, 0.25) is 0 Å². The summed E-state index contributed by atoms with van der Waals surface area (Å²) in [5.41, 5.74) is 1.78. The van der Waals surface area contributed by atoms with E-state index in [2.05, 4.69) is 5.32 Å².